The Morgan fingerprint density at radius 3 is 1.65 bits per heavy atom. The number of hydrogen-bond acceptors (Lipinski definition) is 8. The smallest absolute Gasteiger partial charge is 0.246 e. The van der Waals surface area contributed by atoms with E-state index in [-0.39, 0.29) is 42.1 Å². The highest BCUT2D eigenvalue weighted by molar-refractivity contribution is 7.80. The van der Waals surface area contributed by atoms with Crippen LogP contribution in [-0.4, -0.2) is 117 Å². The van der Waals surface area contributed by atoms with E-state index in [9.17, 15) is 29.4 Å². The number of thiocarbonyl (C=S) groups is 1. The predicted octanol–water partition coefficient (Wildman–Crippen LogP) is 2.32. The molecule has 0 bridgehead atoms. The minimum atomic E-state index is -1.06. The van der Waals surface area contributed by atoms with Crippen LogP contribution in [0.3, 0.4) is 0 Å². The maximum Gasteiger partial charge on any atom is 0.246 e. The molecule has 6 N–H and O–H groups in total. The van der Waals surface area contributed by atoms with Crippen LogP contribution in [0.25, 0.3) is 0 Å². The van der Waals surface area contributed by atoms with Crippen molar-refractivity contribution in [1.82, 2.24) is 25.3 Å². The largest absolute Gasteiger partial charge is 0.508 e. The first-order valence-corrected chi connectivity index (χ1v) is 19.5. The van der Waals surface area contributed by atoms with E-state index < -0.39 is 42.0 Å². The molecule has 6 rings (SSSR count). The average molecular weight is 765 g/mol. The van der Waals surface area contributed by atoms with Crippen LogP contribution in [0.5, 0.6) is 11.5 Å². The lowest BCUT2D eigenvalue weighted by Crippen LogP contribution is -2.59. The van der Waals surface area contributed by atoms with Gasteiger partial charge in [0.2, 0.25) is 23.6 Å². The molecule has 4 amide bonds. The summed E-state index contributed by atoms with van der Waals surface area (Å²) in [7, 11) is 6.38. The maximum absolute atomic E-state index is 14.5. The average Bonchev–Trinajstić information content (AvgIpc) is 3.97. The standard InChI is InChI=1S/C41H49BN6O6S/c42-36-11-6-22-48(36)41(55)33(25-26-7-2-1-3-8-26)45-38(52)35-10-5-21-47(35)40(54)32(24-28-14-18-30(50)19-15-28)44-37(51)34-9-4-20-46(34)39(53)31(43)23-27-12-16-29(49)17-13-27/h1-3,7-8,12-19,31-36,49-50H,4-6,9-11,20-25,43H2,(H,44,51)(H,45,52)/t31-,32-,33-,34-,35-,36-/m0/s1. The van der Waals surface area contributed by atoms with Crippen molar-refractivity contribution in [2.24, 2.45) is 5.73 Å². The van der Waals surface area contributed by atoms with Crippen molar-refractivity contribution in [3.8, 4) is 11.5 Å². The third-order valence-electron chi connectivity index (χ3n) is 10.9. The Kier molecular flexibility index (Phi) is 13.1. The van der Waals surface area contributed by atoms with E-state index in [2.05, 4.69) is 10.6 Å². The minimum absolute atomic E-state index is 0.0635. The second-order valence-electron chi connectivity index (χ2n) is 14.8. The SMILES string of the molecule is [B][C@@H]1CCCN1C(=S)[C@H](Cc1ccccc1)NC(=O)[C@@H]1CCCN1C(=O)[C@H](Cc1ccc(O)cc1)NC(=O)[C@@H]1CCCN1C(=O)[C@@H](N)Cc1ccc(O)cc1. The summed E-state index contributed by atoms with van der Waals surface area (Å²) in [6.45, 7) is 1.38. The predicted molar refractivity (Wildman–Crippen MR) is 213 cm³/mol. The number of amides is 4. The van der Waals surface area contributed by atoms with E-state index >= 15 is 0 Å². The first-order chi connectivity index (χ1) is 26.5. The van der Waals surface area contributed by atoms with Crippen molar-refractivity contribution in [2.45, 2.75) is 93.9 Å². The first kappa shape index (κ1) is 39.7. The topological polar surface area (TPSA) is 169 Å². The molecule has 0 spiro atoms. The van der Waals surface area contributed by atoms with E-state index in [0.29, 0.717) is 62.3 Å². The van der Waals surface area contributed by atoms with Gasteiger partial charge in [0.15, 0.2) is 0 Å². The Morgan fingerprint density at radius 2 is 1.11 bits per heavy atom. The molecule has 3 aliphatic heterocycles. The van der Waals surface area contributed by atoms with Gasteiger partial charge in [0.05, 0.1) is 19.9 Å². The first-order valence-electron chi connectivity index (χ1n) is 19.1. The van der Waals surface area contributed by atoms with Crippen molar-refractivity contribution in [1.29, 1.82) is 0 Å². The maximum atomic E-state index is 14.5. The van der Waals surface area contributed by atoms with Crippen molar-refractivity contribution in [2.75, 3.05) is 19.6 Å². The van der Waals surface area contributed by atoms with Gasteiger partial charge in [-0.15, -0.1) is 0 Å². The number of phenols is 2. The fourth-order valence-electron chi connectivity index (χ4n) is 7.91. The van der Waals surface area contributed by atoms with Crippen molar-refractivity contribution in [3.63, 3.8) is 0 Å². The van der Waals surface area contributed by atoms with Gasteiger partial charge in [-0.25, -0.2) is 0 Å². The lowest BCUT2D eigenvalue weighted by atomic mass is 9.93. The highest BCUT2D eigenvalue weighted by Crippen LogP contribution is 2.24. The molecule has 288 valence electrons. The number of aromatic hydroxyl groups is 2. The van der Waals surface area contributed by atoms with Crippen LogP contribution in [-0.2, 0) is 38.4 Å². The third kappa shape index (κ3) is 9.84. The molecule has 2 radical (unpaired) electrons. The number of nitrogens with zero attached hydrogens (tertiary/aromatic N) is 3. The summed E-state index contributed by atoms with van der Waals surface area (Å²) >= 11 is 5.93. The molecule has 3 saturated heterocycles. The molecule has 0 saturated carbocycles. The zero-order valence-electron chi connectivity index (χ0n) is 30.9. The summed E-state index contributed by atoms with van der Waals surface area (Å²) in [5.41, 5.74) is 8.81. The van der Waals surface area contributed by atoms with E-state index in [4.69, 9.17) is 25.8 Å². The van der Waals surface area contributed by atoms with Gasteiger partial charge in [-0.3, -0.25) is 19.2 Å². The molecule has 55 heavy (non-hydrogen) atoms. The molecule has 12 nitrogen and oxygen atoms in total. The molecular formula is C41H49BN6O6S. The fourth-order valence-corrected chi connectivity index (χ4v) is 8.28. The lowest BCUT2D eigenvalue weighted by molar-refractivity contribution is -0.143. The van der Waals surface area contributed by atoms with Gasteiger partial charge in [0.25, 0.3) is 0 Å². The van der Waals surface area contributed by atoms with Crippen LogP contribution in [0.4, 0.5) is 0 Å². The van der Waals surface area contributed by atoms with Gasteiger partial charge < -0.3 is 41.3 Å². The minimum Gasteiger partial charge on any atom is -0.508 e. The molecule has 0 unspecified atom stereocenters. The Bertz CT molecular complexity index is 1830. The summed E-state index contributed by atoms with van der Waals surface area (Å²) in [4.78, 5) is 61.8. The number of nitrogens with two attached hydrogens (primary N) is 1. The second kappa shape index (κ2) is 18.1. The zero-order valence-corrected chi connectivity index (χ0v) is 31.7. The van der Waals surface area contributed by atoms with Crippen LogP contribution < -0.4 is 16.4 Å². The summed E-state index contributed by atoms with van der Waals surface area (Å²) in [6, 6.07) is 18.5. The number of benzene rings is 3. The number of carbonyl (C=O) groups is 4. The van der Waals surface area contributed by atoms with Crippen LogP contribution in [0, 0.1) is 0 Å². The van der Waals surface area contributed by atoms with Gasteiger partial charge in [0, 0.05) is 26.1 Å². The Balaban J connectivity index is 1.18. The van der Waals surface area contributed by atoms with E-state index in [1.54, 1.807) is 24.3 Å². The molecule has 3 fully saturated rings. The highest BCUT2D eigenvalue weighted by Gasteiger charge is 2.42. The zero-order chi connectivity index (χ0) is 39.1. The van der Waals surface area contributed by atoms with Crippen molar-refractivity contribution < 1.29 is 29.4 Å². The third-order valence-corrected chi connectivity index (χ3v) is 11.4. The van der Waals surface area contributed by atoms with Gasteiger partial charge >= 0.3 is 0 Å². The van der Waals surface area contributed by atoms with Crippen molar-refractivity contribution in [3.05, 3.63) is 95.6 Å². The van der Waals surface area contributed by atoms with Crippen LogP contribution in [0.2, 0.25) is 0 Å². The van der Waals surface area contributed by atoms with Gasteiger partial charge in [-0.2, -0.15) is 0 Å². The van der Waals surface area contributed by atoms with E-state index in [1.165, 1.54) is 34.1 Å². The Labute approximate surface area is 328 Å². The summed E-state index contributed by atoms with van der Waals surface area (Å²) in [5.74, 6) is -1.64. The molecule has 3 aromatic rings. The molecule has 3 aliphatic rings. The van der Waals surface area contributed by atoms with Crippen LogP contribution in [0.15, 0.2) is 78.9 Å². The molecule has 14 heteroatoms. The quantitative estimate of drug-likeness (QED) is 0.130. The summed E-state index contributed by atoms with van der Waals surface area (Å²) < 4.78 is 0. The number of likely N-dealkylation sites (tertiary alicyclic amines) is 3. The van der Waals surface area contributed by atoms with E-state index in [0.717, 1.165) is 24.0 Å². The molecule has 0 aromatic heterocycles. The molecule has 6 atom stereocenters. The number of nitrogens with one attached hydrogen (secondary N) is 2. The fraction of sp³-hybridized carbons (Fsp3) is 0.439. The number of phenolic OH excluding ortho intramolecular Hbond substituents is 2. The number of hydrogen-bond donors (Lipinski definition) is 5. The van der Waals surface area contributed by atoms with Crippen LogP contribution in [0.1, 0.15) is 55.2 Å². The van der Waals surface area contributed by atoms with Gasteiger partial charge in [0.1, 0.15) is 34.6 Å². The highest BCUT2D eigenvalue weighted by atomic mass is 32.1. The number of rotatable bonds is 13. The second-order valence-corrected chi connectivity index (χ2v) is 15.2. The summed E-state index contributed by atoms with van der Waals surface area (Å²) in [6.07, 6.45) is 4.54. The molecular weight excluding hydrogens is 715 g/mol. The van der Waals surface area contributed by atoms with Crippen molar-refractivity contribution >= 4 is 48.7 Å². The monoisotopic (exact) mass is 764 g/mol. The Hall–Kier alpha value is -4.95. The summed E-state index contributed by atoms with van der Waals surface area (Å²) in [5, 5.41) is 25.6. The normalized spacial score (nSPS) is 21.2. The Morgan fingerprint density at radius 1 is 0.655 bits per heavy atom. The molecule has 3 heterocycles. The van der Waals surface area contributed by atoms with Gasteiger partial charge in [-0.05, 0) is 98.3 Å². The van der Waals surface area contributed by atoms with Gasteiger partial charge in [-0.1, -0.05) is 66.8 Å². The molecule has 0 aliphatic carbocycles. The lowest BCUT2D eigenvalue weighted by Gasteiger charge is -2.34. The van der Waals surface area contributed by atoms with E-state index in [1.807, 2.05) is 35.2 Å². The van der Waals surface area contributed by atoms with Crippen LogP contribution >= 0.6 is 12.2 Å². The number of carbonyl (C=O) groups excluding carboxylic acids is 4. The molecule has 3 aromatic carbocycles.